The van der Waals surface area contributed by atoms with Crippen LogP contribution in [-0.4, -0.2) is 34.9 Å². The highest BCUT2D eigenvalue weighted by Gasteiger charge is 2.46. The van der Waals surface area contributed by atoms with E-state index in [9.17, 15) is 14.7 Å². The zero-order valence-corrected chi connectivity index (χ0v) is 21.5. The Morgan fingerprint density at radius 3 is 2.32 bits per heavy atom. The van der Waals surface area contributed by atoms with E-state index in [1.54, 1.807) is 13.2 Å². The van der Waals surface area contributed by atoms with Crippen molar-refractivity contribution in [2.75, 3.05) is 7.11 Å². The van der Waals surface area contributed by atoms with Crippen LogP contribution in [0.5, 0.6) is 11.5 Å². The van der Waals surface area contributed by atoms with Crippen molar-refractivity contribution in [1.29, 1.82) is 0 Å². The van der Waals surface area contributed by atoms with Crippen molar-refractivity contribution in [2.45, 2.75) is 32.5 Å². The van der Waals surface area contributed by atoms with E-state index in [-0.39, 0.29) is 24.0 Å². The standard InChI is InChI=1S/C32H29NO5/c1-20(2)38-24-17-15-22(16-18-24)29-28(30(34)26-13-8-11-21-9-4-6-12-25(21)26)31(35)32(36)33(29)19-23-10-5-7-14-27(23)37-3/h4-18,20,29,34H,19H2,1-3H3/b30-28-. The first-order valence-electron chi connectivity index (χ1n) is 12.5. The maximum Gasteiger partial charge on any atom is 0.295 e. The molecule has 38 heavy (non-hydrogen) atoms. The second-order valence-corrected chi connectivity index (χ2v) is 9.50. The van der Waals surface area contributed by atoms with E-state index in [0.717, 1.165) is 16.3 Å². The van der Waals surface area contributed by atoms with Crippen LogP contribution in [0.15, 0.2) is 96.6 Å². The number of ketones is 1. The molecule has 0 bridgehead atoms. The number of rotatable bonds is 7. The minimum atomic E-state index is -0.799. The lowest BCUT2D eigenvalue weighted by Gasteiger charge is -2.26. The number of hydrogen-bond donors (Lipinski definition) is 1. The predicted octanol–water partition coefficient (Wildman–Crippen LogP) is 6.26. The van der Waals surface area contributed by atoms with Gasteiger partial charge in [-0.3, -0.25) is 9.59 Å². The van der Waals surface area contributed by atoms with E-state index in [4.69, 9.17) is 9.47 Å². The first-order valence-corrected chi connectivity index (χ1v) is 12.5. The molecule has 6 nitrogen and oxygen atoms in total. The molecule has 0 aromatic heterocycles. The average Bonchev–Trinajstić information content (AvgIpc) is 3.17. The number of fused-ring (bicyclic) bond motifs is 1. The molecule has 1 fully saturated rings. The third kappa shape index (κ3) is 4.61. The summed E-state index contributed by atoms with van der Waals surface area (Å²) in [7, 11) is 1.57. The highest BCUT2D eigenvalue weighted by Crippen LogP contribution is 2.42. The molecular weight excluding hydrogens is 478 g/mol. The normalized spacial score (nSPS) is 16.8. The number of benzene rings is 4. The first kappa shape index (κ1) is 25.1. The van der Waals surface area contributed by atoms with Gasteiger partial charge in [-0.2, -0.15) is 0 Å². The molecule has 5 rings (SSSR count). The number of hydrogen-bond acceptors (Lipinski definition) is 5. The van der Waals surface area contributed by atoms with E-state index < -0.39 is 17.7 Å². The smallest absolute Gasteiger partial charge is 0.295 e. The van der Waals surface area contributed by atoms with Crippen LogP contribution in [0.4, 0.5) is 0 Å². The first-order chi connectivity index (χ1) is 18.4. The van der Waals surface area contributed by atoms with Crippen molar-refractivity contribution in [3.8, 4) is 11.5 Å². The summed E-state index contributed by atoms with van der Waals surface area (Å²) in [5.41, 5.74) is 2.01. The number of Topliss-reactive ketones (excluding diaryl/α,β-unsaturated/α-hetero) is 1. The highest BCUT2D eigenvalue weighted by molar-refractivity contribution is 6.46. The van der Waals surface area contributed by atoms with Gasteiger partial charge in [0.05, 0.1) is 31.4 Å². The summed E-state index contributed by atoms with van der Waals surface area (Å²) < 4.78 is 11.3. The quantitative estimate of drug-likeness (QED) is 0.182. The van der Waals surface area contributed by atoms with Gasteiger partial charge in [-0.15, -0.1) is 0 Å². The molecule has 0 saturated carbocycles. The van der Waals surface area contributed by atoms with Crippen molar-refractivity contribution in [3.63, 3.8) is 0 Å². The Bertz CT molecular complexity index is 1530. The second-order valence-electron chi connectivity index (χ2n) is 9.50. The van der Waals surface area contributed by atoms with Crippen molar-refractivity contribution in [1.82, 2.24) is 4.90 Å². The number of para-hydroxylation sites is 1. The molecule has 0 aliphatic carbocycles. The molecule has 1 N–H and O–H groups in total. The molecule has 1 saturated heterocycles. The summed E-state index contributed by atoms with van der Waals surface area (Å²) in [6.45, 7) is 4.02. The monoisotopic (exact) mass is 507 g/mol. The van der Waals surface area contributed by atoms with Crippen molar-refractivity contribution in [3.05, 3.63) is 113 Å². The summed E-state index contributed by atoms with van der Waals surface area (Å²) in [5.74, 6) is -0.305. The largest absolute Gasteiger partial charge is 0.507 e. The lowest BCUT2D eigenvalue weighted by atomic mass is 9.93. The number of methoxy groups -OCH3 is 1. The van der Waals surface area contributed by atoms with Crippen LogP contribution in [0.3, 0.4) is 0 Å². The SMILES string of the molecule is COc1ccccc1CN1C(=O)C(=O)/C(=C(\O)c2cccc3ccccc23)C1c1ccc(OC(C)C)cc1. The lowest BCUT2D eigenvalue weighted by molar-refractivity contribution is -0.140. The van der Waals surface area contributed by atoms with Crippen molar-refractivity contribution in [2.24, 2.45) is 0 Å². The zero-order chi connectivity index (χ0) is 26.8. The average molecular weight is 508 g/mol. The van der Waals surface area contributed by atoms with Gasteiger partial charge in [-0.25, -0.2) is 0 Å². The Balaban J connectivity index is 1.67. The van der Waals surface area contributed by atoms with Gasteiger partial charge in [0.15, 0.2) is 0 Å². The minimum absolute atomic E-state index is 0.00314. The Kier molecular flexibility index (Phi) is 6.88. The molecule has 1 aliphatic rings. The number of likely N-dealkylation sites (tertiary alicyclic amines) is 1. The summed E-state index contributed by atoms with van der Waals surface area (Å²) in [6.07, 6.45) is 0.00314. The van der Waals surface area contributed by atoms with Crippen LogP contribution in [0, 0.1) is 0 Å². The van der Waals surface area contributed by atoms with E-state index in [1.807, 2.05) is 98.8 Å². The lowest BCUT2D eigenvalue weighted by Crippen LogP contribution is -2.29. The van der Waals surface area contributed by atoms with Crippen LogP contribution in [-0.2, 0) is 16.1 Å². The Morgan fingerprint density at radius 2 is 1.58 bits per heavy atom. The van der Waals surface area contributed by atoms with Gasteiger partial charge in [0.25, 0.3) is 11.7 Å². The molecule has 4 aromatic rings. The fourth-order valence-electron chi connectivity index (χ4n) is 4.98. The van der Waals surface area contributed by atoms with Crippen LogP contribution in [0.2, 0.25) is 0 Å². The zero-order valence-electron chi connectivity index (χ0n) is 21.5. The molecular formula is C32H29NO5. The fraction of sp³-hybridized carbons (Fsp3) is 0.188. The van der Waals surface area contributed by atoms with Crippen LogP contribution >= 0.6 is 0 Å². The summed E-state index contributed by atoms with van der Waals surface area (Å²) in [4.78, 5) is 28.5. The molecule has 6 heteroatoms. The van der Waals surface area contributed by atoms with E-state index in [0.29, 0.717) is 22.6 Å². The molecule has 1 amide bonds. The third-order valence-electron chi connectivity index (χ3n) is 6.69. The van der Waals surface area contributed by atoms with E-state index in [1.165, 1.54) is 4.90 Å². The Labute approximate surface area is 221 Å². The summed E-state index contributed by atoms with van der Waals surface area (Å²) in [5, 5.41) is 13.3. The second kappa shape index (κ2) is 10.4. The molecule has 0 radical (unpaired) electrons. The predicted molar refractivity (Wildman–Crippen MR) is 147 cm³/mol. The van der Waals surface area contributed by atoms with Gasteiger partial charge in [0, 0.05) is 11.1 Å². The fourth-order valence-corrected chi connectivity index (χ4v) is 4.98. The number of aliphatic hydroxyl groups excluding tert-OH is 1. The third-order valence-corrected chi connectivity index (χ3v) is 6.69. The topological polar surface area (TPSA) is 76.1 Å². The number of carbonyl (C=O) groups excluding carboxylic acids is 2. The van der Waals surface area contributed by atoms with E-state index in [2.05, 4.69) is 0 Å². The number of nitrogens with zero attached hydrogens (tertiary/aromatic N) is 1. The van der Waals surface area contributed by atoms with Gasteiger partial charge in [-0.1, -0.05) is 72.8 Å². The maximum atomic E-state index is 13.5. The Morgan fingerprint density at radius 1 is 0.895 bits per heavy atom. The van der Waals surface area contributed by atoms with Crippen molar-refractivity contribution >= 4 is 28.2 Å². The maximum absolute atomic E-state index is 13.5. The molecule has 1 aliphatic heterocycles. The van der Waals surface area contributed by atoms with Gasteiger partial charge in [0.1, 0.15) is 17.3 Å². The van der Waals surface area contributed by atoms with Gasteiger partial charge in [-0.05, 0) is 48.4 Å². The molecule has 1 atom stereocenters. The number of amides is 1. The number of aliphatic hydroxyl groups is 1. The van der Waals surface area contributed by atoms with E-state index >= 15 is 0 Å². The summed E-state index contributed by atoms with van der Waals surface area (Å²) in [6, 6.07) is 27.0. The van der Waals surface area contributed by atoms with Gasteiger partial charge < -0.3 is 19.5 Å². The summed E-state index contributed by atoms with van der Waals surface area (Å²) >= 11 is 0. The molecule has 0 spiro atoms. The minimum Gasteiger partial charge on any atom is -0.507 e. The molecule has 4 aromatic carbocycles. The number of carbonyl (C=O) groups is 2. The van der Waals surface area contributed by atoms with Gasteiger partial charge in [0.2, 0.25) is 0 Å². The highest BCUT2D eigenvalue weighted by atomic mass is 16.5. The Hall–Kier alpha value is -4.58. The van der Waals surface area contributed by atoms with Gasteiger partial charge >= 0.3 is 0 Å². The van der Waals surface area contributed by atoms with Crippen molar-refractivity contribution < 1.29 is 24.2 Å². The van der Waals surface area contributed by atoms with Crippen LogP contribution in [0.25, 0.3) is 16.5 Å². The molecule has 1 unspecified atom stereocenters. The van der Waals surface area contributed by atoms with Crippen LogP contribution < -0.4 is 9.47 Å². The number of ether oxygens (including phenoxy) is 2. The molecule has 192 valence electrons. The van der Waals surface area contributed by atoms with Crippen LogP contribution in [0.1, 0.15) is 36.6 Å². The molecule has 1 heterocycles.